The molecule has 1 fully saturated rings. The van der Waals surface area contributed by atoms with Crippen LogP contribution in [0, 0.1) is 5.92 Å². The second kappa shape index (κ2) is 5.45. The first-order valence-electron chi connectivity index (χ1n) is 6.71. The summed E-state index contributed by atoms with van der Waals surface area (Å²) in [7, 11) is 0. The van der Waals surface area contributed by atoms with Gasteiger partial charge in [0.05, 0.1) is 5.92 Å². The van der Waals surface area contributed by atoms with Crippen molar-refractivity contribution < 1.29 is 9.90 Å². The number of carboxylic acids is 1. The SMILES string of the molecule is CC(C)(C)c1nsc(NC2CCCCC2C(=O)O)n1. The normalized spacial score (nSPS) is 24.2. The van der Waals surface area contributed by atoms with Gasteiger partial charge in [0.25, 0.3) is 0 Å². The van der Waals surface area contributed by atoms with E-state index in [1.807, 2.05) is 0 Å². The first-order valence-corrected chi connectivity index (χ1v) is 7.49. The minimum Gasteiger partial charge on any atom is -0.481 e. The predicted molar refractivity (Wildman–Crippen MR) is 75.6 cm³/mol. The molecule has 5 nitrogen and oxygen atoms in total. The van der Waals surface area contributed by atoms with Crippen LogP contribution < -0.4 is 5.32 Å². The van der Waals surface area contributed by atoms with Gasteiger partial charge in [-0.2, -0.15) is 4.37 Å². The Morgan fingerprint density at radius 2 is 2.05 bits per heavy atom. The fourth-order valence-electron chi connectivity index (χ4n) is 2.34. The molecular formula is C13H21N3O2S. The van der Waals surface area contributed by atoms with E-state index in [0.717, 1.165) is 36.6 Å². The molecule has 1 aromatic heterocycles. The van der Waals surface area contributed by atoms with Crippen molar-refractivity contribution in [2.45, 2.75) is 57.9 Å². The highest BCUT2D eigenvalue weighted by molar-refractivity contribution is 7.09. The maximum absolute atomic E-state index is 11.2. The molecule has 0 aliphatic heterocycles. The molecule has 19 heavy (non-hydrogen) atoms. The van der Waals surface area contributed by atoms with E-state index in [1.165, 1.54) is 11.5 Å². The highest BCUT2D eigenvalue weighted by Crippen LogP contribution is 2.29. The number of rotatable bonds is 3. The van der Waals surface area contributed by atoms with Crippen LogP contribution in [0.4, 0.5) is 5.13 Å². The molecule has 0 aromatic carbocycles. The van der Waals surface area contributed by atoms with Gasteiger partial charge in [-0.15, -0.1) is 0 Å². The molecule has 1 aliphatic rings. The van der Waals surface area contributed by atoms with Crippen LogP contribution in [0.1, 0.15) is 52.3 Å². The van der Waals surface area contributed by atoms with Crippen molar-refractivity contribution in [2.75, 3.05) is 5.32 Å². The number of aliphatic carboxylic acids is 1. The quantitative estimate of drug-likeness (QED) is 0.892. The van der Waals surface area contributed by atoms with Crippen LogP contribution in [0.25, 0.3) is 0 Å². The summed E-state index contributed by atoms with van der Waals surface area (Å²) >= 11 is 1.32. The van der Waals surface area contributed by atoms with Crippen molar-refractivity contribution in [1.82, 2.24) is 9.36 Å². The molecule has 2 N–H and O–H groups in total. The number of hydrogen-bond donors (Lipinski definition) is 2. The van der Waals surface area contributed by atoms with Crippen molar-refractivity contribution >= 4 is 22.6 Å². The van der Waals surface area contributed by atoms with E-state index in [4.69, 9.17) is 0 Å². The Balaban J connectivity index is 2.07. The molecule has 0 radical (unpaired) electrons. The van der Waals surface area contributed by atoms with Crippen molar-refractivity contribution in [1.29, 1.82) is 0 Å². The second-order valence-corrected chi connectivity index (χ2v) is 6.91. The fourth-order valence-corrected chi connectivity index (χ4v) is 3.16. The number of aromatic nitrogens is 2. The summed E-state index contributed by atoms with van der Waals surface area (Å²) in [6.45, 7) is 6.21. The summed E-state index contributed by atoms with van der Waals surface area (Å²) in [6.07, 6.45) is 3.71. The Bertz CT molecular complexity index is 453. The van der Waals surface area contributed by atoms with Crippen molar-refractivity contribution in [3.8, 4) is 0 Å². The third kappa shape index (κ3) is 3.43. The number of nitrogens with one attached hydrogen (secondary N) is 1. The van der Waals surface area contributed by atoms with Crippen LogP contribution in [0.3, 0.4) is 0 Å². The summed E-state index contributed by atoms with van der Waals surface area (Å²) < 4.78 is 4.34. The number of carbonyl (C=O) groups is 1. The van der Waals surface area contributed by atoms with Crippen LogP contribution in [0.15, 0.2) is 0 Å². The van der Waals surface area contributed by atoms with Gasteiger partial charge in [-0.3, -0.25) is 4.79 Å². The van der Waals surface area contributed by atoms with E-state index in [-0.39, 0.29) is 17.4 Å². The lowest BCUT2D eigenvalue weighted by molar-refractivity contribution is -0.143. The highest BCUT2D eigenvalue weighted by atomic mass is 32.1. The Morgan fingerprint density at radius 1 is 1.37 bits per heavy atom. The zero-order valence-corrected chi connectivity index (χ0v) is 12.5. The molecular weight excluding hydrogens is 262 g/mol. The molecule has 2 atom stereocenters. The van der Waals surface area contributed by atoms with Crippen LogP contribution in [0.2, 0.25) is 0 Å². The molecule has 0 saturated heterocycles. The third-order valence-electron chi connectivity index (χ3n) is 3.49. The molecule has 1 aliphatic carbocycles. The first-order chi connectivity index (χ1) is 8.88. The number of carboxylic acid groups (broad SMARTS) is 1. The zero-order valence-electron chi connectivity index (χ0n) is 11.6. The topological polar surface area (TPSA) is 75.1 Å². The average Bonchev–Trinajstić information content (AvgIpc) is 2.77. The summed E-state index contributed by atoms with van der Waals surface area (Å²) in [5.41, 5.74) is -0.0742. The number of hydrogen-bond acceptors (Lipinski definition) is 5. The predicted octanol–water partition coefficient (Wildman–Crippen LogP) is 2.89. The summed E-state index contributed by atoms with van der Waals surface area (Å²) in [6, 6.07) is -0.0213. The van der Waals surface area contributed by atoms with E-state index >= 15 is 0 Å². The number of nitrogens with zero attached hydrogens (tertiary/aromatic N) is 2. The van der Waals surface area contributed by atoms with E-state index in [9.17, 15) is 9.90 Å². The molecule has 6 heteroatoms. The van der Waals surface area contributed by atoms with Crippen LogP contribution >= 0.6 is 11.5 Å². The summed E-state index contributed by atoms with van der Waals surface area (Å²) in [5, 5.41) is 13.3. The number of anilines is 1. The van der Waals surface area contributed by atoms with Gasteiger partial charge in [-0.25, -0.2) is 4.98 Å². The van der Waals surface area contributed by atoms with Gasteiger partial charge in [0.2, 0.25) is 5.13 Å². The molecule has 106 valence electrons. The Kier molecular flexibility index (Phi) is 4.08. The van der Waals surface area contributed by atoms with Crippen LogP contribution in [0.5, 0.6) is 0 Å². The molecule has 1 heterocycles. The standard InChI is InChI=1S/C13H21N3O2S/c1-13(2,3)11-15-12(19-16-11)14-9-7-5-4-6-8(9)10(17)18/h8-9H,4-7H2,1-3H3,(H,17,18)(H,14,15,16). The van der Waals surface area contributed by atoms with Crippen molar-refractivity contribution in [2.24, 2.45) is 5.92 Å². The first kappa shape index (κ1) is 14.2. The van der Waals surface area contributed by atoms with E-state index < -0.39 is 5.97 Å². The fraction of sp³-hybridized carbons (Fsp3) is 0.769. The monoisotopic (exact) mass is 283 g/mol. The van der Waals surface area contributed by atoms with Gasteiger partial charge in [0, 0.05) is 23.0 Å². The molecule has 0 bridgehead atoms. The lowest BCUT2D eigenvalue weighted by Crippen LogP contribution is -2.37. The van der Waals surface area contributed by atoms with Gasteiger partial charge in [0.15, 0.2) is 0 Å². The van der Waals surface area contributed by atoms with Gasteiger partial charge >= 0.3 is 5.97 Å². The zero-order chi connectivity index (χ0) is 14.0. The molecule has 1 saturated carbocycles. The Hall–Kier alpha value is -1.17. The largest absolute Gasteiger partial charge is 0.481 e. The summed E-state index contributed by atoms with van der Waals surface area (Å²) in [4.78, 5) is 15.7. The smallest absolute Gasteiger partial charge is 0.308 e. The molecule has 0 amide bonds. The lowest BCUT2D eigenvalue weighted by atomic mass is 9.85. The Labute approximate surface area is 117 Å². The molecule has 0 spiro atoms. The maximum atomic E-state index is 11.2. The van der Waals surface area contributed by atoms with Gasteiger partial charge in [-0.05, 0) is 12.8 Å². The molecule has 2 rings (SSSR count). The van der Waals surface area contributed by atoms with Crippen LogP contribution in [-0.2, 0) is 10.2 Å². The third-order valence-corrected chi connectivity index (χ3v) is 4.14. The van der Waals surface area contributed by atoms with E-state index in [2.05, 4.69) is 35.4 Å². The van der Waals surface area contributed by atoms with Gasteiger partial charge < -0.3 is 10.4 Å². The maximum Gasteiger partial charge on any atom is 0.308 e. The van der Waals surface area contributed by atoms with Gasteiger partial charge in [0.1, 0.15) is 5.82 Å². The van der Waals surface area contributed by atoms with Crippen molar-refractivity contribution in [3.05, 3.63) is 5.82 Å². The Morgan fingerprint density at radius 3 is 2.63 bits per heavy atom. The second-order valence-electron chi connectivity index (χ2n) is 6.15. The summed E-state index contributed by atoms with van der Waals surface area (Å²) in [5.74, 6) is -0.212. The minimum absolute atomic E-state index is 0.0213. The van der Waals surface area contributed by atoms with E-state index in [0.29, 0.717) is 0 Å². The highest BCUT2D eigenvalue weighted by Gasteiger charge is 2.31. The van der Waals surface area contributed by atoms with Gasteiger partial charge in [-0.1, -0.05) is 33.6 Å². The average molecular weight is 283 g/mol. The van der Waals surface area contributed by atoms with Crippen molar-refractivity contribution in [3.63, 3.8) is 0 Å². The lowest BCUT2D eigenvalue weighted by Gasteiger charge is -2.28. The molecule has 2 unspecified atom stereocenters. The van der Waals surface area contributed by atoms with Crippen LogP contribution in [-0.4, -0.2) is 26.5 Å². The molecule has 1 aromatic rings. The van der Waals surface area contributed by atoms with E-state index in [1.54, 1.807) is 0 Å². The minimum atomic E-state index is -0.710.